The first-order chi connectivity index (χ1) is 13.2. The van der Waals surface area contributed by atoms with E-state index in [0.29, 0.717) is 17.6 Å². The van der Waals surface area contributed by atoms with Crippen LogP contribution in [0.3, 0.4) is 0 Å². The molecule has 0 bridgehead atoms. The SMILES string of the molecule is CCN(CC)S(=O)(=O)c1ccc(Cl)c(NC(=O)COc2ccc(Br)cc2F)c1. The van der Waals surface area contributed by atoms with E-state index in [-0.39, 0.29) is 21.4 Å². The van der Waals surface area contributed by atoms with Crippen molar-refractivity contribution in [1.82, 2.24) is 4.31 Å². The van der Waals surface area contributed by atoms with Crippen molar-refractivity contribution in [2.45, 2.75) is 18.7 Å². The Balaban J connectivity index is 2.14. The zero-order chi connectivity index (χ0) is 20.9. The van der Waals surface area contributed by atoms with Crippen LogP contribution in [0.5, 0.6) is 5.75 Å². The molecular weight excluding hydrogens is 475 g/mol. The molecule has 2 aromatic carbocycles. The number of carbonyl (C=O) groups excluding carboxylic acids is 1. The van der Waals surface area contributed by atoms with Crippen LogP contribution in [0.2, 0.25) is 5.02 Å². The van der Waals surface area contributed by atoms with Gasteiger partial charge in [-0.15, -0.1) is 0 Å². The summed E-state index contributed by atoms with van der Waals surface area (Å²) in [5, 5.41) is 2.66. The molecule has 0 saturated heterocycles. The molecule has 152 valence electrons. The quantitative estimate of drug-likeness (QED) is 0.595. The summed E-state index contributed by atoms with van der Waals surface area (Å²) in [5.74, 6) is -1.31. The lowest BCUT2D eigenvalue weighted by atomic mass is 10.3. The van der Waals surface area contributed by atoms with E-state index in [9.17, 15) is 17.6 Å². The summed E-state index contributed by atoms with van der Waals surface area (Å²) in [5.41, 5.74) is 0.125. The van der Waals surface area contributed by atoms with Gasteiger partial charge >= 0.3 is 0 Å². The van der Waals surface area contributed by atoms with Crippen LogP contribution in [0.15, 0.2) is 45.8 Å². The molecule has 0 spiro atoms. The number of nitrogens with one attached hydrogen (secondary N) is 1. The molecule has 0 saturated carbocycles. The minimum Gasteiger partial charge on any atom is -0.481 e. The molecule has 28 heavy (non-hydrogen) atoms. The van der Waals surface area contributed by atoms with Crippen molar-refractivity contribution < 1.29 is 22.3 Å². The summed E-state index contributed by atoms with van der Waals surface area (Å²) in [4.78, 5) is 12.1. The third-order valence-corrected chi connectivity index (χ3v) is 6.68. The van der Waals surface area contributed by atoms with Crippen molar-refractivity contribution in [3.8, 4) is 5.75 Å². The van der Waals surface area contributed by atoms with Crippen molar-refractivity contribution in [2.24, 2.45) is 0 Å². The zero-order valence-electron chi connectivity index (χ0n) is 15.2. The molecule has 0 aliphatic rings. The van der Waals surface area contributed by atoms with E-state index in [1.165, 1.54) is 34.6 Å². The van der Waals surface area contributed by atoms with E-state index >= 15 is 0 Å². The Morgan fingerprint density at radius 3 is 2.50 bits per heavy atom. The van der Waals surface area contributed by atoms with Gasteiger partial charge in [-0.1, -0.05) is 41.4 Å². The number of ether oxygens (including phenoxy) is 1. The maximum atomic E-state index is 13.7. The molecule has 0 aliphatic carbocycles. The van der Waals surface area contributed by atoms with Crippen molar-refractivity contribution in [3.05, 3.63) is 51.7 Å². The van der Waals surface area contributed by atoms with Gasteiger partial charge < -0.3 is 10.1 Å². The molecule has 10 heteroatoms. The van der Waals surface area contributed by atoms with Crippen LogP contribution in [0, 0.1) is 5.82 Å². The van der Waals surface area contributed by atoms with Gasteiger partial charge in [0, 0.05) is 17.6 Å². The number of amides is 1. The van der Waals surface area contributed by atoms with E-state index in [4.69, 9.17) is 16.3 Å². The fourth-order valence-electron chi connectivity index (χ4n) is 2.40. The molecule has 0 aromatic heterocycles. The molecule has 2 aromatic rings. The van der Waals surface area contributed by atoms with Gasteiger partial charge in [-0.3, -0.25) is 4.79 Å². The minimum absolute atomic E-state index is 0.00997. The maximum absolute atomic E-state index is 13.7. The van der Waals surface area contributed by atoms with Gasteiger partial charge in [0.25, 0.3) is 5.91 Å². The second kappa shape index (κ2) is 9.69. The van der Waals surface area contributed by atoms with Crippen LogP contribution in [0.25, 0.3) is 0 Å². The second-order valence-corrected chi connectivity index (χ2v) is 8.90. The molecule has 1 amide bonds. The summed E-state index contributed by atoms with van der Waals surface area (Å²) < 4.78 is 46.0. The standard InChI is InChI=1S/C18H19BrClFN2O4S/c1-3-23(4-2)28(25,26)13-6-7-14(20)16(10-13)22-18(24)11-27-17-8-5-12(19)9-15(17)21/h5-10H,3-4,11H2,1-2H3,(H,22,24). The average Bonchev–Trinajstić information content (AvgIpc) is 2.63. The highest BCUT2D eigenvalue weighted by molar-refractivity contribution is 9.10. The monoisotopic (exact) mass is 492 g/mol. The predicted molar refractivity (Wildman–Crippen MR) is 110 cm³/mol. The first-order valence-corrected chi connectivity index (χ1v) is 11.0. The molecule has 1 N–H and O–H groups in total. The summed E-state index contributed by atoms with van der Waals surface area (Å²) in [7, 11) is -3.70. The average molecular weight is 494 g/mol. The third kappa shape index (κ3) is 5.44. The Labute approximate surface area is 176 Å². The van der Waals surface area contributed by atoms with Gasteiger partial charge in [-0.2, -0.15) is 4.31 Å². The molecule has 0 aliphatic heterocycles. The smallest absolute Gasteiger partial charge is 0.262 e. The normalized spacial score (nSPS) is 11.5. The lowest BCUT2D eigenvalue weighted by molar-refractivity contribution is -0.118. The summed E-state index contributed by atoms with van der Waals surface area (Å²) in [6.07, 6.45) is 0. The highest BCUT2D eigenvalue weighted by atomic mass is 79.9. The summed E-state index contributed by atoms with van der Waals surface area (Å²) in [6.45, 7) is 3.63. The number of carbonyl (C=O) groups is 1. The second-order valence-electron chi connectivity index (χ2n) is 5.64. The predicted octanol–water partition coefficient (Wildman–Crippen LogP) is 4.29. The van der Waals surface area contributed by atoms with Crippen LogP contribution in [0.4, 0.5) is 10.1 Å². The molecular formula is C18H19BrClFN2O4S. The van der Waals surface area contributed by atoms with Crippen LogP contribution >= 0.6 is 27.5 Å². The Morgan fingerprint density at radius 1 is 1.21 bits per heavy atom. The molecule has 0 fully saturated rings. The highest BCUT2D eigenvalue weighted by Gasteiger charge is 2.23. The number of anilines is 1. The summed E-state index contributed by atoms with van der Waals surface area (Å²) in [6, 6.07) is 8.23. The van der Waals surface area contributed by atoms with Crippen LogP contribution in [0.1, 0.15) is 13.8 Å². The number of benzene rings is 2. The lowest BCUT2D eigenvalue weighted by Gasteiger charge is -2.19. The third-order valence-electron chi connectivity index (χ3n) is 3.81. The Hall–Kier alpha value is -1.68. The highest BCUT2D eigenvalue weighted by Crippen LogP contribution is 2.27. The van der Waals surface area contributed by atoms with E-state index < -0.39 is 28.4 Å². The van der Waals surface area contributed by atoms with E-state index in [1.807, 2.05) is 0 Å². The number of hydrogen-bond acceptors (Lipinski definition) is 4. The van der Waals surface area contributed by atoms with Gasteiger partial charge in [0.15, 0.2) is 18.2 Å². The molecule has 0 atom stereocenters. The molecule has 2 rings (SSSR count). The van der Waals surface area contributed by atoms with Crippen molar-refractivity contribution >= 4 is 49.1 Å². The van der Waals surface area contributed by atoms with Gasteiger partial charge in [-0.25, -0.2) is 12.8 Å². The topological polar surface area (TPSA) is 75.7 Å². The molecule has 0 unspecified atom stereocenters. The zero-order valence-corrected chi connectivity index (χ0v) is 18.4. The number of halogens is 3. The minimum atomic E-state index is -3.70. The molecule has 6 nitrogen and oxygen atoms in total. The van der Waals surface area contributed by atoms with E-state index in [0.717, 1.165) is 0 Å². The van der Waals surface area contributed by atoms with Crippen molar-refractivity contribution in [2.75, 3.05) is 25.0 Å². The first-order valence-electron chi connectivity index (χ1n) is 8.36. The molecule has 0 radical (unpaired) electrons. The number of sulfonamides is 1. The van der Waals surface area contributed by atoms with Crippen LogP contribution in [-0.4, -0.2) is 38.3 Å². The largest absolute Gasteiger partial charge is 0.481 e. The van der Waals surface area contributed by atoms with E-state index in [1.54, 1.807) is 19.9 Å². The Kier molecular flexibility index (Phi) is 7.82. The van der Waals surface area contributed by atoms with Crippen molar-refractivity contribution in [1.29, 1.82) is 0 Å². The van der Waals surface area contributed by atoms with Gasteiger partial charge in [0.1, 0.15) is 0 Å². The van der Waals surface area contributed by atoms with Gasteiger partial charge in [0.05, 0.1) is 15.6 Å². The van der Waals surface area contributed by atoms with Crippen molar-refractivity contribution in [3.63, 3.8) is 0 Å². The number of rotatable bonds is 8. The molecule has 0 heterocycles. The van der Waals surface area contributed by atoms with Crippen LogP contribution < -0.4 is 10.1 Å². The van der Waals surface area contributed by atoms with Gasteiger partial charge in [-0.05, 0) is 36.4 Å². The fraction of sp³-hybridized carbons (Fsp3) is 0.278. The lowest BCUT2D eigenvalue weighted by Crippen LogP contribution is -2.30. The Morgan fingerprint density at radius 2 is 1.89 bits per heavy atom. The summed E-state index contributed by atoms with van der Waals surface area (Å²) >= 11 is 9.20. The van der Waals surface area contributed by atoms with E-state index in [2.05, 4.69) is 21.2 Å². The number of hydrogen-bond donors (Lipinski definition) is 1. The van der Waals surface area contributed by atoms with Crippen LogP contribution in [-0.2, 0) is 14.8 Å². The fourth-order valence-corrected chi connectivity index (χ4v) is 4.38. The first kappa shape index (κ1) is 22.6. The maximum Gasteiger partial charge on any atom is 0.262 e. The van der Waals surface area contributed by atoms with Gasteiger partial charge in [0.2, 0.25) is 10.0 Å². The number of nitrogens with zero attached hydrogens (tertiary/aromatic N) is 1. The Bertz CT molecular complexity index is 968.